The van der Waals surface area contributed by atoms with Crippen LogP contribution in [0.15, 0.2) is 30.3 Å². The van der Waals surface area contributed by atoms with Crippen LogP contribution in [0.3, 0.4) is 0 Å². The molecule has 3 rings (SSSR count). The Balaban J connectivity index is 1.98. The van der Waals surface area contributed by atoms with Crippen LogP contribution in [0.4, 0.5) is 0 Å². The molecule has 0 saturated heterocycles. The van der Waals surface area contributed by atoms with Crippen LogP contribution in [0, 0.1) is 6.92 Å². The number of carbonyl (C=O) groups excluding carboxylic acids is 1. The van der Waals surface area contributed by atoms with Crippen LogP contribution in [0.2, 0.25) is 0 Å². The monoisotopic (exact) mass is 353 g/mol. The predicted octanol–water partition coefficient (Wildman–Crippen LogP) is 2.50. The molecular formula is C19H23N5O2. The van der Waals surface area contributed by atoms with Crippen molar-refractivity contribution in [1.82, 2.24) is 20.5 Å². The first-order valence-electron chi connectivity index (χ1n) is 8.47. The summed E-state index contributed by atoms with van der Waals surface area (Å²) in [5, 5.41) is 20.2. The molecule has 2 aromatic heterocycles. The number of phenolic OH excluding ortho intramolecular Hbond substituents is 1. The molecule has 1 amide bonds. The van der Waals surface area contributed by atoms with E-state index in [-0.39, 0.29) is 17.2 Å². The molecule has 0 aliphatic rings. The minimum Gasteiger partial charge on any atom is -0.508 e. The average Bonchev–Trinajstić information content (AvgIpc) is 2.95. The number of fused-ring (bicyclic) bond motifs is 1. The first-order chi connectivity index (χ1) is 12.2. The largest absolute Gasteiger partial charge is 0.508 e. The third-order valence-electron chi connectivity index (χ3n) is 4.17. The van der Waals surface area contributed by atoms with Gasteiger partial charge in [0.05, 0.1) is 16.6 Å². The van der Waals surface area contributed by atoms with Gasteiger partial charge in [0.2, 0.25) is 0 Å². The van der Waals surface area contributed by atoms with Gasteiger partial charge >= 0.3 is 0 Å². The highest BCUT2D eigenvalue weighted by molar-refractivity contribution is 6.07. The summed E-state index contributed by atoms with van der Waals surface area (Å²) in [5.74, 6) is -0.0148. The number of aromatic hydroxyl groups is 1. The predicted molar refractivity (Wildman–Crippen MR) is 101 cm³/mol. The number of nitrogens with one attached hydrogen (secondary N) is 2. The van der Waals surface area contributed by atoms with Crippen LogP contribution in [0.25, 0.3) is 22.3 Å². The zero-order valence-corrected chi connectivity index (χ0v) is 15.1. The summed E-state index contributed by atoms with van der Waals surface area (Å²) < 4.78 is 0. The van der Waals surface area contributed by atoms with Gasteiger partial charge in [-0.1, -0.05) is 0 Å². The number of aryl methyl sites for hydroxylation is 1. The number of phenols is 1. The summed E-state index contributed by atoms with van der Waals surface area (Å²) in [5.41, 5.74) is 8.83. The number of nitrogens with two attached hydrogens (primary N) is 1. The molecule has 3 aromatic rings. The quantitative estimate of drug-likeness (QED) is 0.562. The SMILES string of the molecule is Cc1[nH]nc2nc(-c3ccc(O)cc3)cc(C(=O)NCCC(C)(C)N)c12. The lowest BCUT2D eigenvalue weighted by Crippen LogP contribution is -2.37. The normalized spacial score (nSPS) is 11.7. The van der Waals surface area contributed by atoms with E-state index in [4.69, 9.17) is 5.73 Å². The number of hydrogen-bond acceptors (Lipinski definition) is 5. The lowest BCUT2D eigenvalue weighted by molar-refractivity contribution is 0.0953. The molecule has 1 aromatic carbocycles. The maximum Gasteiger partial charge on any atom is 0.252 e. The molecule has 0 atom stereocenters. The van der Waals surface area contributed by atoms with Crippen molar-refractivity contribution in [2.24, 2.45) is 5.73 Å². The molecule has 2 heterocycles. The third kappa shape index (κ3) is 3.83. The Morgan fingerprint density at radius 2 is 2.00 bits per heavy atom. The Bertz CT molecular complexity index is 939. The van der Waals surface area contributed by atoms with Gasteiger partial charge < -0.3 is 16.2 Å². The number of nitrogens with zero attached hydrogens (tertiary/aromatic N) is 2. The van der Waals surface area contributed by atoms with E-state index in [1.165, 1.54) is 0 Å². The number of pyridine rings is 1. The zero-order valence-electron chi connectivity index (χ0n) is 15.1. The first-order valence-corrected chi connectivity index (χ1v) is 8.47. The molecule has 0 spiro atoms. The highest BCUT2D eigenvalue weighted by Gasteiger charge is 2.18. The summed E-state index contributed by atoms with van der Waals surface area (Å²) in [6.07, 6.45) is 0.669. The fraction of sp³-hybridized carbons (Fsp3) is 0.316. The first kappa shape index (κ1) is 17.9. The number of amides is 1. The van der Waals surface area contributed by atoms with Crippen molar-refractivity contribution in [3.8, 4) is 17.0 Å². The smallest absolute Gasteiger partial charge is 0.252 e. The van der Waals surface area contributed by atoms with Gasteiger partial charge in [-0.15, -0.1) is 0 Å². The zero-order chi connectivity index (χ0) is 18.9. The van der Waals surface area contributed by atoms with Crippen LogP contribution in [0.1, 0.15) is 36.3 Å². The molecule has 26 heavy (non-hydrogen) atoms. The topological polar surface area (TPSA) is 117 Å². The molecule has 7 heteroatoms. The molecule has 5 N–H and O–H groups in total. The number of carbonyl (C=O) groups is 1. The maximum atomic E-state index is 12.8. The van der Waals surface area contributed by atoms with Gasteiger partial charge in [-0.05, 0) is 57.5 Å². The van der Waals surface area contributed by atoms with Gasteiger partial charge in [0.1, 0.15) is 5.75 Å². The average molecular weight is 353 g/mol. The van der Waals surface area contributed by atoms with Crippen molar-refractivity contribution in [3.63, 3.8) is 0 Å². The molecule has 7 nitrogen and oxygen atoms in total. The lowest BCUT2D eigenvalue weighted by Gasteiger charge is -2.18. The molecule has 0 bridgehead atoms. The van der Waals surface area contributed by atoms with Crippen molar-refractivity contribution >= 4 is 16.9 Å². The minimum absolute atomic E-state index is 0.174. The molecule has 0 aliphatic heterocycles. The maximum absolute atomic E-state index is 12.8. The van der Waals surface area contributed by atoms with E-state index in [1.807, 2.05) is 20.8 Å². The summed E-state index contributed by atoms with van der Waals surface area (Å²) in [7, 11) is 0. The van der Waals surface area contributed by atoms with E-state index in [0.29, 0.717) is 35.3 Å². The van der Waals surface area contributed by atoms with Gasteiger partial charge in [0.25, 0.3) is 5.91 Å². The second-order valence-electron chi connectivity index (χ2n) is 7.14. The van der Waals surface area contributed by atoms with Gasteiger partial charge in [-0.25, -0.2) is 4.98 Å². The van der Waals surface area contributed by atoms with Crippen LogP contribution < -0.4 is 11.1 Å². The molecule has 0 saturated carbocycles. The van der Waals surface area contributed by atoms with E-state index >= 15 is 0 Å². The Hall–Kier alpha value is -2.93. The molecule has 0 fully saturated rings. The standard InChI is InChI=1S/C19H23N5O2/c1-11-16-14(18(26)21-9-8-19(2,3)20)10-15(22-17(16)24-23-11)12-4-6-13(25)7-5-12/h4-7,10,25H,8-9,20H2,1-3H3,(H,21,26)(H,22,23,24). The number of benzene rings is 1. The van der Waals surface area contributed by atoms with Crippen molar-refractivity contribution in [3.05, 3.63) is 41.6 Å². The number of aromatic nitrogens is 3. The number of rotatable bonds is 5. The Morgan fingerprint density at radius 3 is 2.65 bits per heavy atom. The van der Waals surface area contributed by atoms with E-state index in [0.717, 1.165) is 11.3 Å². The second kappa shape index (κ2) is 6.76. The van der Waals surface area contributed by atoms with Crippen molar-refractivity contribution in [2.75, 3.05) is 6.54 Å². The van der Waals surface area contributed by atoms with E-state index < -0.39 is 0 Å². The van der Waals surface area contributed by atoms with Crippen LogP contribution in [-0.2, 0) is 0 Å². The van der Waals surface area contributed by atoms with Crippen LogP contribution in [-0.4, -0.2) is 38.3 Å². The van der Waals surface area contributed by atoms with Crippen molar-refractivity contribution in [2.45, 2.75) is 32.7 Å². The number of hydrogen-bond donors (Lipinski definition) is 4. The van der Waals surface area contributed by atoms with Gasteiger partial charge in [0, 0.05) is 23.3 Å². The fourth-order valence-electron chi connectivity index (χ4n) is 2.73. The second-order valence-corrected chi connectivity index (χ2v) is 7.14. The summed E-state index contributed by atoms with van der Waals surface area (Å²) in [6.45, 7) is 6.19. The van der Waals surface area contributed by atoms with Gasteiger partial charge in [-0.3, -0.25) is 9.89 Å². The number of aromatic amines is 1. The summed E-state index contributed by atoms with van der Waals surface area (Å²) in [4.78, 5) is 17.3. The summed E-state index contributed by atoms with van der Waals surface area (Å²) in [6, 6.07) is 8.42. The molecule has 0 aliphatic carbocycles. The summed E-state index contributed by atoms with van der Waals surface area (Å²) >= 11 is 0. The van der Waals surface area contributed by atoms with Crippen molar-refractivity contribution in [1.29, 1.82) is 0 Å². The van der Waals surface area contributed by atoms with E-state index in [1.54, 1.807) is 30.3 Å². The van der Waals surface area contributed by atoms with E-state index in [9.17, 15) is 9.90 Å². The number of H-pyrrole nitrogens is 1. The van der Waals surface area contributed by atoms with E-state index in [2.05, 4.69) is 20.5 Å². The van der Waals surface area contributed by atoms with Gasteiger partial charge in [-0.2, -0.15) is 5.10 Å². The molecule has 136 valence electrons. The Labute approximate surface area is 151 Å². The highest BCUT2D eigenvalue weighted by Crippen LogP contribution is 2.26. The Kier molecular flexibility index (Phi) is 4.65. The van der Waals surface area contributed by atoms with Gasteiger partial charge in [0.15, 0.2) is 5.65 Å². The molecule has 0 radical (unpaired) electrons. The molecule has 0 unspecified atom stereocenters. The minimum atomic E-state index is -0.344. The lowest BCUT2D eigenvalue weighted by atomic mass is 10.0. The third-order valence-corrected chi connectivity index (χ3v) is 4.17. The van der Waals surface area contributed by atoms with Crippen LogP contribution >= 0.6 is 0 Å². The fourth-order valence-corrected chi connectivity index (χ4v) is 2.73. The highest BCUT2D eigenvalue weighted by atomic mass is 16.3. The van der Waals surface area contributed by atoms with Crippen LogP contribution in [0.5, 0.6) is 5.75 Å². The Morgan fingerprint density at radius 1 is 1.31 bits per heavy atom. The van der Waals surface area contributed by atoms with Crippen molar-refractivity contribution < 1.29 is 9.90 Å². The molecular weight excluding hydrogens is 330 g/mol.